The Labute approximate surface area is 115 Å². The van der Waals surface area contributed by atoms with Gasteiger partial charge in [-0.05, 0) is 56.5 Å². The predicted octanol–water partition coefficient (Wildman–Crippen LogP) is 3.49. The Bertz CT molecular complexity index is 400. The largest absolute Gasteiger partial charge is 0.369 e. The van der Waals surface area contributed by atoms with Crippen LogP contribution in [0.5, 0.6) is 0 Å². The zero-order valence-electron chi connectivity index (χ0n) is 11.9. The fraction of sp³-hybridized carbons (Fsp3) is 0.625. The third kappa shape index (κ3) is 3.47. The Kier molecular flexibility index (Phi) is 5.20. The van der Waals surface area contributed by atoms with E-state index in [1.165, 1.54) is 37.8 Å². The van der Waals surface area contributed by atoms with E-state index < -0.39 is 0 Å². The van der Waals surface area contributed by atoms with Crippen molar-refractivity contribution in [2.24, 2.45) is 5.73 Å². The molecule has 1 saturated carbocycles. The van der Waals surface area contributed by atoms with Crippen LogP contribution in [0.1, 0.15) is 44.6 Å². The van der Waals surface area contributed by atoms with Crippen LogP contribution < -0.4 is 10.6 Å². The summed E-state index contributed by atoms with van der Waals surface area (Å²) in [7, 11) is 0. The van der Waals surface area contributed by atoms with Gasteiger partial charge in [-0.2, -0.15) is 0 Å². The third-order valence-electron chi connectivity index (χ3n) is 4.12. The summed E-state index contributed by atoms with van der Waals surface area (Å²) >= 11 is 0. The van der Waals surface area contributed by atoms with Crippen LogP contribution >= 0.6 is 0 Å². The standard InChI is InChI=1S/C16H25FN2/c1-2-19(15-6-4-3-5-7-15)16-9-8-14(17)12-13(16)10-11-18/h8-9,12,15H,2-7,10-11,18H2,1H3. The van der Waals surface area contributed by atoms with Gasteiger partial charge >= 0.3 is 0 Å². The molecular formula is C16H25FN2. The van der Waals surface area contributed by atoms with Crippen LogP contribution in [0.25, 0.3) is 0 Å². The number of anilines is 1. The third-order valence-corrected chi connectivity index (χ3v) is 4.12. The second-order valence-electron chi connectivity index (χ2n) is 5.39. The highest BCUT2D eigenvalue weighted by molar-refractivity contribution is 5.55. The van der Waals surface area contributed by atoms with E-state index in [0.717, 1.165) is 18.5 Å². The second kappa shape index (κ2) is 6.90. The lowest BCUT2D eigenvalue weighted by Gasteiger charge is -2.36. The molecule has 0 aromatic heterocycles. The molecule has 1 fully saturated rings. The van der Waals surface area contributed by atoms with Gasteiger partial charge in [0.1, 0.15) is 5.82 Å². The van der Waals surface area contributed by atoms with E-state index in [-0.39, 0.29) is 5.82 Å². The van der Waals surface area contributed by atoms with Gasteiger partial charge in [-0.25, -0.2) is 4.39 Å². The molecule has 0 bridgehead atoms. The van der Waals surface area contributed by atoms with Crippen LogP contribution in [0.3, 0.4) is 0 Å². The first kappa shape index (κ1) is 14.3. The highest BCUT2D eigenvalue weighted by atomic mass is 19.1. The summed E-state index contributed by atoms with van der Waals surface area (Å²) in [5.74, 6) is -0.160. The first-order valence-corrected chi connectivity index (χ1v) is 7.51. The van der Waals surface area contributed by atoms with Crippen LogP contribution in [0.15, 0.2) is 18.2 Å². The summed E-state index contributed by atoms with van der Waals surface area (Å²) < 4.78 is 13.4. The van der Waals surface area contributed by atoms with Crippen LogP contribution in [0.2, 0.25) is 0 Å². The highest BCUT2D eigenvalue weighted by Crippen LogP contribution is 2.30. The summed E-state index contributed by atoms with van der Waals surface area (Å²) in [6.45, 7) is 3.73. The van der Waals surface area contributed by atoms with E-state index in [1.807, 2.05) is 6.07 Å². The van der Waals surface area contributed by atoms with Crippen molar-refractivity contribution in [2.45, 2.75) is 51.5 Å². The molecule has 1 aliphatic carbocycles. The fourth-order valence-electron chi connectivity index (χ4n) is 3.21. The lowest BCUT2D eigenvalue weighted by Crippen LogP contribution is -2.37. The van der Waals surface area contributed by atoms with Crippen LogP contribution in [-0.4, -0.2) is 19.1 Å². The molecule has 0 radical (unpaired) electrons. The Morgan fingerprint density at radius 2 is 2.00 bits per heavy atom. The molecule has 0 unspecified atom stereocenters. The quantitative estimate of drug-likeness (QED) is 0.882. The zero-order chi connectivity index (χ0) is 13.7. The van der Waals surface area contributed by atoms with Crippen molar-refractivity contribution < 1.29 is 4.39 Å². The molecular weight excluding hydrogens is 239 g/mol. The van der Waals surface area contributed by atoms with Crippen molar-refractivity contribution >= 4 is 5.69 Å². The number of benzene rings is 1. The minimum absolute atomic E-state index is 0.160. The smallest absolute Gasteiger partial charge is 0.123 e. The average Bonchev–Trinajstić information content (AvgIpc) is 2.43. The van der Waals surface area contributed by atoms with Crippen molar-refractivity contribution in [2.75, 3.05) is 18.0 Å². The fourth-order valence-corrected chi connectivity index (χ4v) is 3.21. The lowest BCUT2D eigenvalue weighted by atomic mass is 9.93. The molecule has 0 saturated heterocycles. The van der Waals surface area contributed by atoms with Gasteiger partial charge < -0.3 is 10.6 Å². The maximum atomic E-state index is 13.4. The van der Waals surface area contributed by atoms with E-state index in [2.05, 4.69) is 11.8 Å². The molecule has 0 atom stereocenters. The lowest BCUT2D eigenvalue weighted by molar-refractivity contribution is 0.417. The van der Waals surface area contributed by atoms with Crippen LogP contribution in [0, 0.1) is 5.82 Å². The highest BCUT2D eigenvalue weighted by Gasteiger charge is 2.22. The molecule has 106 valence electrons. The Morgan fingerprint density at radius 3 is 2.63 bits per heavy atom. The zero-order valence-corrected chi connectivity index (χ0v) is 11.9. The number of hydrogen-bond donors (Lipinski definition) is 1. The summed E-state index contributed by atoms with van der Waals surface area (Å²) in [6.07, 6.45) is 7.24. The molecule has 19 heavy (non-hydrogen) atoms. The van der Waals surface area contributed by atoms with Gasteiger partial charge in [-0.15, -0.1) is 0 Å². The molecule has 1 aliphatic rings. The predicted molar refractivity (Wildman–Crippen MR) is 79.1 cm³/mol. The molecule has 2 nitrogen and oxygen atoms in total. The van der Waals surface area contributed by atoms with Gasteiger partial charge in [-0.3, -0.25) is 0 Å². The average molecular weight is 264 g/mol. The Balaban J connectivity index is 2.25. The minimum atomic E-state index is -0.160. The van der Waals surface area contributed by atoms with E-state index >= 15 is 0 Å². The van der Waals surface area contributed by atoms with E-state index in [4.69, 9.17) is 5.73 Å². The molecule has 0 heterocycles. The molecule has 0 aliphatic heterocycles. The monoisotopic (exact) mass is 264 g/mol. The molecule has 3 heteroatoms. The molecule has 0 amide bonds. The van der Waals surface area contributed by atoms with Gasteiger partial charge in [-0.1, -0.05) is 19.3 Å². The molecule has 1 aromatic rings. The summed E-state index contributed by atoms with van der Waals surface area (Å²) in [4.78, 5) is 2.45. The Morgan fingerprint density at radius 1 is 1.26 bits per heavy atom. The number of hydrogen-bond acceptors (Lipinski definition) is 2. The van der Waals surface area contributed by atoms with Crippen molar-refractivity contribution in [3.8, 4) is 0 Å². The van der Waals surface area contributed by atoms with Gasteiger partial charge in [0.25, 0.3) is 0 Å². The maximum Gasteiger partial charge on any atom is 0.123 e. The van der Waals surface area contributed by atoms with Gasteiger partial charge in [0, 0.05) is 18.3 Å². The van der Waals surface area contributed by atoms with Crippen LogP contribution in [-0.2, 0) is 6.42 Å². The number of nitrogens with zero attached hydrogens (tertiary/aromatic N) is 1. The van der Waals surface area contributed by atoms with E-state index in [9.17, 15) is 4.39 Å². The first-order valence-electron chi connectivity index (χ1n) is 7.51. The van der Waals surface area contributed by atoms with Crippen LogP contribution in [0.4, 0.5) is 10.1 Å². The summed E-state index contributed by atoms with van der Waals surface area (Å²) in [5.41, 5.74) is 7.89. The summed E-state index contributed by atoms with van der Waals surface area (Å²) in [6, 6.07) is 5.76. The van der Waals surface area contributed by atoms with Crippen molar-refractivity contribution in [3.05, 3.63) is 29.6 Å². The van der Waals surface area contributed by atoms with Crippen molar-refractivity contribution in [3.63, 3.8) is 0 Å². The number of halogens is 1. The number of rotatable bonds is 5. The summed E-state index contributed by atoms with van der Waals surface area (Å²) in [5, 5.41) is 0. The first-order chi connectivity index (χ1) is 9.26. The second-order valence-corrected chi connectivity index (χ2v) is 5.39. The SMILES string of the molecule is CCN(c1ccc(F)cc1CCN)C1CCCCC1. The molecule has 1 aromatic carbocycles. The molecule has 2 N–H and O–H groups in total. The molecule has 0 spiro atoms. The van der Waals surface area contributed by atoms with E-state index in [0.29, 0.717) is 12.6 Å². The molecule has 2 rings (SSSR count). The maximum absolute atomic E-state index is 13.4. The van der Waals surface area contributed by atoms with Crippen molar-refractivity contribution in [1.82, 2.24) is 0 Å². The number of nitrogens with two attached hydrogens (primary N) is 1. The van der Waals surface area contributed by atoms with Gasteiger partial charge in [0.2, 0.25) is 0 Å². The van der Waals surface area contributed by atoms with Crippen molar-refractivity contribution in [1.29, 1.82) is 0 Å². The normalized spacial score (nSPS) is 16.6. The van der Waals surface area contributed by atoms with E-state index in [1.54, 1.807) is 12.1 Å². The topological polar surface area (TPSA) is 29.3 Å². The van der Waals surface area contributed by atoms with Gasteiger partial charge in [0.15, 0.2) is 0 Å². The van der Waals surface area contributed by atoms with Gasteiger partial charge in [0.05, 0.1) is 0 Å². The Hall–Kier alpha value is -1.09. The minimum Gasteiger partial charge on any atom is -0.369 e.